The van der Waals surface area contributed by atoms with Crippen LogP contribution in [-0.2, 0) is 5.41 Å². The summed E-state index contributed by atoms with van der Waals surface area (Å²) in [6.07, 6.45) is 4.68. The Labute approximate surface area is 126 Å². The van der Waals surface area contributed by atoms with Crippen molar-refractivity contribution < 1.29 is 0 Å². The summed E-state index contributed by atoms with van der Waals surface area (Å²) in [6, 6.07) is 8.91. The highest BCUT2D eigenvalue weighted by atomic mass is 79.9. The molecule has 1 aromatic carbocycles. The minimum atomic E-state index is 0.238. The van der Waals surface area contributed by atoms with Crippen LogP contribution in [-0.4, -0.2) is 22.7 Å². The number of alkyl halides is 2. The molecule has 1 rings (SSSR count). The quantitative estimate of drug-likeness (QED) is 0.465. The summed E-state index contributed by atoms with van der Waals surface area (Å²) >= 11 is 9.35. The molecular formula is C14H20Br2S. The van der Waals surface area contributed by atoms with E-state index in [2.05, 4.69) is 69.3 Å². The molecular weight excluding hydrogens is 360 g/mol. The van der Waals surface area contributed by atoms with Crippen molar-refractivity contribution in [2.75, 3.05) is 22.7 Å². The largest absolute Gasteiger partial charge is 0.165 e. The number of rotatable bonds is 7. The Morgan fingerprint density at radius 3 is 2.47 bits per heavy atom. The molecule has 0 saturated heterocycles. The topological polar surface area (TPSA) is 0 Å². The SMILES string of the molecule is CSCCCC(CBr)(CBr)c1cccc(C)c1. The van der Waals surface area contributed by atoms with Gasteiger partial charge in [-0.15, -0.1) is 0 Å². The van der Waals surface area contributed by atoms with Crippen molar-refractivity contribution in [2.45, 2.75) is 25.2 Å². The molecule has 3 heteroatoms. The van der Waals surface area contributed by atoms with E-state index in [9.17, 15) is 0 Å². The summed E-state index contributed by atoms with van der Waals surface area (Å²) in [5.41, 5.74) is 3.04. The van der Waals surface area contributed by atoms with Gasteiger partial charge in [-0.2, -0.15) is 11.8 Å². The van der Waals surface area contributed by atoms with Crippen molar-refractivity contribution in [3.63, 3.8) is 0 Å². The van der Waals surface area contributed by atoms with E-state index < -0.39 is 0 Å². The summed E-state index contributed by atoms with van der Waals surface area (Å²) in [6.45, 7) is 2.17. The fourth-order valence-electron chi connectivity index (χ4n) is 2.00. The molecule has 0 aliphatic heterocycles. The van der Waals surface area contributed by atoms with Gasteiger partial charge in [-0.05, 0) is 37.3 Å². The lowest BCUT2D eigenvalue weighted by Crippen LogP contribution is -2.30. The second-order valence-corrected chi connectivity index (χ2v) is 6.62. The van der Waals surface area contributed by atoms with Gasteiger partial charge in [0, 0.05) is 16.1 Å². The number of thioether (sulfide) groups is 1. The van der Waals surface area contributed by atoms with Crippen molar-refractivity contribution >= 4 is 43.6 Å². The summed E-state index contributed by atoms with van der Waals surface area (Å²) < 4.78 is 0. The van der Waals surface area contributed by atoms with Gasteiger partial charge < -0.3 is 0 Å². The van der Waals surface area contributed by atoms with Gasteiger partial charge in [0.1, 0.15) is 0 Å². The van der Waals surface area contributed by atoms with Crippen LogP contribution in [0.1, 0.15) is 24.0 Å². The van der Waals surface area contributed by atoms with Gasteiger partial charge in [0.15, 0.2) is 0 Å². The Hall–Kier alpha value is 0.530. The number of aryl methyl sites for hydroxylation is 1. The molecule has 0 aromatic heterocycles. The van der Waals surface area contributed by atoms with Crippen LogP contribution in [0.4, 0.5) is 0 Å². The highest BCUT2D eigenvalue weighted by Gasteiger charge is 2.29. The zero-order valence-electron chi connectivity index (χ0n) is 10.5. The molecule has 0 saturated carbocycles. The number of halogens is 2. The van der Waals surface area contributed by atoms with E-state index in [0.29, 0.717) is 0 Å². The first-order chi connectivity index (χ1) is 8.18. The van der Waals surface area contributed by atoms with Gasteiger partial charge in [-0.1, -0.05) is 61.7 Å². The number of hydrogen-bond donors (Lipinski definition) is 0. The monoisotopic (exact) mass is 378 g/mol. The third-order valence-electron chi connectivity index (χ3n) is 3.15. The van der Waals surface area contributed by atoms with Crippen molar-refractivity contribution in [1.29, 1.82) is 0 Å². The van der Waals surface area contributed by atoms with Crippen LogP contribution in [0.25, 0.3) is 0 Å². The molecule has 0 unspecified atom stereocenters. The lowest BCUT2D eigenvalue weighted by molar-refractivity contribution is 0.499. The molecule has 0 atom stereocenters. The molecule has 96 valence electrons. The Morgan fingerprint density at radius 2 is 1.94 bits per heavy atom. The van der Waals surface area contributed by atoms with Gasteiger partial charge in [0.05, 0.1) is 0 Å². The van der Waals surface area contributed by atoms with Crippen LogP contribution in [0, 0.1) is 6.92 Å². The van der Waals surface area contributed by atoms with E-state index in [1.54, 1.807) is 0 Å². The van der Waals surface area contributed by atoms with Crippen LogP contribution < -0.4 is 0 Å². The van der Waals surface area contributed by atoms with Gasteiger partial charge in [0.25, 0.3) is 0 Å². The Bertz CT molecular complexity index is 335. The average Bonchev–Trinajstić information content (AvgIpc) is 2.35. The Balaban J connectivity index is 2.89. The Morgan fingerprint density at radius 1 is 1.24 bits per heavy atom. The van der Waals surface area contributed by atoms with Crippen LogP contribution >= 0.6 is 43.6 Å². The van der Waals surface area contributed by atoms with Crippen LogP contribution in [0.15, 0.2) is 24.3 Å². The normalized spacial score (nSPS) is 11.8. The highest BCUT2D eigenvalue weighted by Crippen LogP contribution is 2.34. The third-order valence-corrected chi connectivity index (χ3v) is 5.99. The van der Waals surface area contributed by atoms with Crippen LogP contribution in [0.2, 0.25) is 0 Å². The maximum Gasteiger partial charge on any atom is 0.0147 e. The molecule has 1 aromatic rings. The fourth-order valence-corrected chi connectivity index (χ4v) is 4.57. The van der Waals surface area contributed by atoms with E-state index in [1.165, 1.54) is 29.7 Å². The maximum atomic E-state index is 3.71. The van der Waals surface area contributed by atoms with Gasteiger partial charge in [-0.25, -0.2) is 0 Å². The smallest absolute Gasteiger partial charge is 0.0147 e. The molecule has 0 N–H and O–H groups in total. The van der Waals surface area contributed by atoms with Crippen molar-refractivity contribution in [3.8, 4) is 0 Å². The third kappa shape index (κ3) is 4.29. The molecule has 0 radical (unpaired) electrons. The van der Waals surface area contributed by atoms with E-state index in [1.807, 2.05) is 11.8 Å². The molecule has 0 nitrogen and oxygen atoms in total. The first-order valence-electron chi connectivity index (χ1n) is 5.86. The summed E-state index contributed by atoms with van der Waals surface area (Å²) in [5, 5.41) is 2.03. The first-order valence-corrected chi connectivity index (χ1v) is 9.50. The van der Waals surface area contributed by atoms with Crippen LogP contribution in [0.3, 0.4) is 0 Å². The number of benzene rings is 1. The summed E-state index contributed by atoms with van der Waals surface area (Å²) in [4.78, 5) is 0. The van der Waals surface area contributed by atoms with Crippen LogP contribution in [0.5, 0.6) is 0 Å². The Kier molecular flexibility index (Phi) is 7.20. The predicted octanol–water partition coefficient (Wildman–Crippen LogP) is 5.17. The molecule has 0 aliphatic rings. The van der Waals surface area contributed by atoms with Crippen molar-refractivity contribution in [3.05, 3.63) is 35.4 Å². The van der Waals surface area contributed by atoms with E-state index in [-0.39, 0.29) is 5.41 Å². The number of hydrogen-bond acceptors (Lipinski definition) is 1. The summed E-state index contributed by atoms with van der Waals surface area (Å²) in [5.74, 6) is 1.24. The molecule has 0 spiro atoms. The van der Waals surface area contributed by atoms with Crippen molar-refractivity contribution in [1.82, 2.24) is 0 Å². The predicted molar refractivity (Wildman–Crippen MR) is 88.1 cm³/mol. The summed E-state index contributed by atoms with van der Waals surface area (Å²) in [7, 11) is 0. The van der Waals surface area contributed by atoms with Gasteiger partial charge in [-0.3, -0.25) is 0 Å². The standard InChI is InChI=1S/C14H20Br2S/c1-12-5-3-6-13(9-12)14(10-15,11-16)7-4-8-17-2/h3,5-6,9H,4,7-8,10-11H2,1-2H3. The molecule has 17 heavy (non-hydrogen) atoms. The van der Waals surface area contributed by atoms with E-state index in [0.717, 1.165) is 10.7 Å². The lowest BCUT2D eigenvalue weighted by atomic mass is 9.80. The zero-order chi connectivity index (χ0) is 12.7. The fraction of sp³-hybridized carbons (Fsp3) is 0.571. The highest BCUT2D eigenvalue weighted by molar-refractivity contribution is 9.09. The van der Waals surface area contributed by atoms with Crippen molar-refractivity contribution in [2.24, 2.45) is 0 Å². The van der Waals surface area contributed by atoms with Gasteiger partial charge >= 0.3 is 0 Å². The molecule has 0 aliphatic carbocycles. The molecule has 0 heterocycles. The lowest BCUT2D eigenvalue weighted by Gasteiger charge is -2.31. The van der Waals surface area contributed by atoms with E-state index in [4.69, 9.17) is 0 Å². The minimum absolute atomic E-state index is 0.238. The van der Waals surface area contributed by atoms with E-state index >= 15 is 0 Å². The molecule has 0 fully saturated rings. The second-order valence-electron chi connectivity index (χ2n) is 4.51. The minimum Gasteiger partial charge on any atom is -0.165 e. The zero-order valence-corrected chi connectivity index (χ0v) is 14.5. The average molecular weight is 380 g/mol. The van der Waals surface area contributed by atoms with Gasteiger partial charge in [0.2, 0.25) is 0 Å². The molecule has 0 bridgehead atoms. The maximum absolute atomic E-state index is 3.71. The first kappa shape index (κ1) is 15.6. The second kappa shape index (κ2) is 7.85. The molecule has 0 amide bonds.